The molecular weight excluding hydrogens is 562 g/mol. The first-order valence-electron chi connectivity index (χ1n) is 11.7. The van der Waals surface area contributed by atoms with E-state index < -0.39 is 80.7 Å². The third kappa shape index (κ3) is 14.1. The van der Waals surface area contributed by atoms with Crippen molar-refractivity contribution >= 4 is 19.8 Å². The number of esters is 2. The van der Waals surface area contributed by atoms with Gasteiger partial charge < -0.3 is 24.8 Å². The topological polar surface area (TPSA) is 213 Å². The summed E-state index contributed by atoms with van der Waals surface area (Å²) in [5.74, 6) is -4.73. The summed E-state index contributed by atoms with van der Waals surface area (Å²) in [5, 5.41) is 27.6. The number of H-pyrrole nitrogens is 1. The molecule has 15 nitrogen and oxygen atoms in total. The van der Waals surface area contributed by atoms with Crippen LogP contribution in [0.3, 0.4) is 0 Å². The maximum absolute atomic E-state index is 14.1. The Kier molecular flexibility index (Phi) is 14.8. The fraction of sp³-hybridized carbons (Fsp3) is 0.652. The van der Waals surface area contributed by atoms with E-state index in [9.17, 15) is 38.3 Å². The van der Waals surface area contributed by atoms with Crippen molar-refractivity contribution in [3.05, 3.63) is 45.3 Å². The zero-order chi connectivity index (χ0) is 31.4. The van der Waals surface area contributed by atoms with Gasteiger partial charge in [0.1, 0.15) is 19.4 Å². The highest BCUT2D eigenvalue weighted by Gasteiger charge is 2.40. The van der Waals surface area contributed by atoms with Gasteiger partial charge in [0.15, 0.2) is 0 Å². The van der Waals surface area contributed by atoms with E-state index in [0.717, 1.165) is 16.7 Å². The number of allylic oxidation sites excluding steroid dienone is 1. The highest BCUT2D eigenvalue weighted by atomic mass is 31.2. The third-order valence-electron chi connectivity index (χ3n) is 4.33. The van der Waals surface area contributed by atoms with Crippen molar-refractivity contribution in [3.8, 4) is 0 Å². The Labute approximate surface area is 230 Å². The van der Waals surface area contributed by atoms with Crippen molar-refractivity contribution in [1.29, 1.82) is 0 Å². The van der Waals surface area contributed by atoms with Crippen molar-refractivity contribution in [2.24, 2.45) is 10.8 Å². The smallest absolute Gasteiger partial charge is 0.437 e. The van der Waals surface area contributed by atoms with E-state index in [-0.39, 0.29) is 0 Å². The zero-order valence-corrected chi connectivity index (χ0v) is 24.3. The number of hydrogen-bond donors (Lipinski definition) is 4. The van der Waals surface area contributed by atoms with Crippen LogP contribution in [0.25, 0.3) is 0 Å². The molecule has 1 aromatic rings. The number of aromatic amines is 1. The van der Waals surface area contributed by atoms with Crippen molar-refractivity contribution in [3.63, 3.8) is 0 Å². The molecule has 0 aliphatic carbocycles. The molecule has 40 heavy (non-hydrogen) atoms. The summed E-state index contributed by atoms with van der Waals surface area (Å²) in [5.41, 5.74) is -2.83. The molecule has 0 unspecified atom stereocenters. The number of aromatic nitrogens is 2. The number of halogens is 1. The van der Waals surface area contributed by atoms with Crippen LogP contribution in [0.4, 0.5) is 4.39 Å². The first-order valence-corrected chi connectivity index (χ1v) is 13.2. The lowest BCUT2D eigenvalue weighted by Crippen LogP contribution is -2.41. The van der Waals surface area contributed by atoms with Crippen LogP contribution in [0, 0.1) is 10.8 Å². The number of aliphatic hydroxyl groups excluding tert-OH is 2. The first-order chi connectivity index (χ1) is 18.2. The summed E-state index contributed by atoms with van der Waals surface area (Å²) in [7, 11) is -4.68. The van der Waals surface area contributed by atoms with Gasteiger partial charge in [-0.1, -0.05) is 12.2 Å². The van der Waals surface area contributed by atoms with E-state index in [4.69, 9.17) is 28.2 Å². The number of carbonyl (C=O) groups excluding carboxylic acids is 2. The molecule has 0 aliphatic rings. The molecule has 1 aromatic heterocycles. The van der Waals surface area contributed by atoms with Gasteiger partial charge in [-0.15, -0.1) is 0 Å². The van der Waals surface area contributed by atoms with Gasteiger partial charge in [-0.25, -0.2) is 22.8 Å². The van der Waals surface area contributed by atoms with Crippen LogP contribution in [0.15, 0.2) is 34.0 Å². The average Bonchev–Trinajstić information content (AvgIpc) is 2.82. The van der Waals surface area contributed by atoms with Crippen molar-refractivity contribution in [2.75, 3.05) is 20.2 Å². The molecule has 0 aromatic carbocycles. The molecule has 4 N–H and O–H groups in total. The van der Waals surface area contributed by atoms with Crippen molar-refractivity contribution < 1.29 is 56.9 Å². The number of aliphatic hydroxyl groups is 3. The Morgan fingerprint density at radius 2 is 1.52 bits per heavy atom. The standard InChI is InChI=1S/C18H32FO10P.C5H6N2O3/c1-8-9-13(20)18(19,23)10-27-30(24,28-11-25-14(21)16(2,3)4)29-12-26-15(22)17(5,6)7;8-3-7-2-1-4(9)6-5(7)10/h8-9,13,20,23H,10-12H2,1-7H3;1-2,8H,3H2,(H,6,9,10)/t13-,18+;/m0./s1. The maximum Gasteiger partial charge on any atom is 0.480 e. The molecule has 0 amide bonds. The molecule has 0 fully saturated rings. The van der Waals surface area contributed by atoms with Crippen LogP contribution in [0.1, 0.15) is 48.5 Å². The summed E-state index contributed by atoms with van der Waals surface area (Å²) in [6.07, 6.45) is 1.45. The fourth-order valence-corrected chi connectivity index (χ4v) is 2.90. The van der Waals surface area contributed by atoms with Crippen LogP contribution >= 0.6 is 7.82 Å². The molecule has 17 heteroatoms. The van der Waals surface area contributed by atoms with E-state index in [1.165, 1.54) is 19.2 Å². The van der Waals surface area contributed by atoms with Crippen molar-refractivity contribution in [2.45, 2.75) is 67.2 Å². The summed E-state index contributed by atoms with van der Waals surface area (Å²) in [6.45, 7) is 7.38. The summed E-state index contributed by atoms with van der Waals surface area (Å²) < 4.78 is 51.7. The zero-order valence-electron chi connectivity index (χ0n) is 23.4. The lowest BCUT2D eigenvalue weighted by atomic mass is 9.98. The largest absolute Gasteiger partial charge is 0.480 e. The lowest BCUT2D eigenvalue weighted by Gasteiger charge is -2.25. The van der Waals surface area contributed by atoms with Gasteiger partial charge in [-0.3, -0.25) is 28.5 Å². The highest BCUT2D eigenvalue weighted by molar-refractivity contribution is 7.48. The molecule has 0 bridgehead atoms. The lowest BCUT2D eigenvalue weighted by molar-refractivity contribution is -0.180. The second-order valence-electron chi connectivity index (χ2n) is 10.1. The number of phosphoric ester groups is 1. The summed E-state index contributed by atoms with van der Waals surface area (Å²) in [4.78, 5) is 46.5. The molecule has 0 spiro atoms. The monoisotopic (exact) mass is 600 g/mol. The predicted molar refractivity (Wildman–Crippen MR) is 137 cm³/mol. The first kappa shape index (κ1) is 37.3. The molecular formula is C23H38FN2O13P. The Morgan fingerprint density at radius 3 is 1.90 bits per heavy atom. The van der Waals surface area contributed by atoms with Crippen LogP contribution in [-0.4, -0.2) is 69.0 Å². The Morgan fingerprint density at radius 1 is 1.05 bits per heavy atom. The molecule has 0 aliphatic heterocycles. The SMILES string of the molecule is CC=C[C@H](O)[C@@](O)(F)COP(=O)(OCOC(=O)C(C)(C)C)OCOC(=O)C(C)(C)C.O=c1ccn(CO)c(=O)[nH]1. The molecule has 0 saturated carbocycles. The van der Waals surface area contributed by atoms with E-state index in [1.807, 2.05) is 4.98 Å². The van der Waals surface area contributed by atoms with Gasteiger partial charge in [-0.05, 0) is 48.5 Å². The number of nitrogens with one attached hydrogen (secondary N) is 1. The molecule has 1 rings (SSSR count). The van der Waals surface area contributed by atoms with Crippen LogP contribution in [0.5, 0.6) is 0 Å². The van der Waals surface area contributed by atoms with Crippen LogP contribution in [0.2, 0.25) is 0 Å². The molecule has 2 atom stereocenters. The predicted octanol–water partition coefficient (Wildman–Crippen LogP) is 1.32. The highest BCUT2D eigenvalue weighted by Crippen LogP contribution is 2.50. The second kappa shape index (κ2) is 15.9. The van der Waals surface area contributed by atoms with Crippen LogP contribution in [-0.2, 0) is 43.9 Å². The Balaban J connectivity index is 0.00000126. The number of ether oxygens (including phenoxy) is 2. The third-order valence-corrected chi connectivity index (χ3v) is 5.62. The molecule has 0 radical (unpaired) electrons. The van der Waals surface area contributed by atoms with Crippen molar-refractivity contribution in [1.82, 2.24) is 9.55 Å². The van der Waals surface area contributed by atoms with Gasteiger partial charge in [0.25, 0.3) is 11.4 Å². The van der Waals surface area contributed by atoms with Gasteiger partial charge in [-0.2, -0.15) is 0 Å². The van der Waals surface area contributed by atoms with Gasteiger partial charge >= 0.3 is 25.5 Å². The number of nitrogens with zero attached hydrogens (tertiary/aromatic N) is 1. The summed E-state index contributed by atoms with van der Waals surface area (Å²) >= 11 is 0. The van der Waals surface area contributed by atoms with E-state index in [1.54, 1.807) is 41.5 Å². The molecule has 0 saturated heterocycles. The van der Waals surface area contributed by atoms with E-state index >= 15 is 0 Å². The number of rotatable bonds is 12. The van der Waals surface area contributed by atoms with E-state index in [0.29, 0.717) is 0 Å². The average molecular weight is 601 g/mol. The van der Waals surface area contributed by atoms with Gasteiger partial charge in [0, 0.05) is 12.3 Å². The fourth-order valence-electron chi connectivity index (χ4n) is 1.97. The molecule has 1 heterocycles. The van der Waals surface area contributed by atoms with Gasteiger partial charge in [0.05, 0.1) is 10.8 Å². The number of hydrogen-bond acceptors (Lipinski definition) is 13. The Bertz CT molecular complexity index is 1110. The number of phosphoric acid groups is 1. The molecule has 230 valence electrons. The minimum atomic E-state index is -4.68. The van der Waals surface area contributed by atoms with Crippen LogP contribution < -0.4 is 11.2 Å². The normalized spacial score (nSPS) is 14.6. The Hall–Kier alpha value is -2.72. The number of carbonyl (C=O) groups is 2. The minimum absolute atomic E-state index is 0.421. The van der Waals surface area contributed by atoms with Gasteiger partial charge in [0.2, 0.25) is 13.6 Å². The second-order valence-corrected chi connectivity index (χ2v) is 11.8. The maximum atomic E-state index is 14.1. The number of alkyl halides is 1. The van der Waals surface area contributed by atoms with E-state index in [2.05, 4.69) is 0 Å². The minimum Gasteiger partial charge on any atom is -0.437 e. The summed E-state index contributed by atoms with van der Waals surface area (Å²) in [6, 6.07) is 1.16. The quantitative estimate of drug-likeness (QED) is 0.115.